The third-order valence-electron chi connectivity index (χ3n) is 3.79. The molecule has 0 bridgehead atoms. The fourth-order valence-electron chi connectivity index (χ4n) is 2.28. The number of anilines is 2. The van der Waals surface area contributed by atoms with Crippen LogP contribution in [0.4, 0.5) is 15.8 Å². The first-order valence-electron chi connectivity index (χ1n) is 7.70. The summed E-state index contributed by atoms with van der Waals surface area (Å²) in [5.74, 6) is -0.466. The summed E-state index contributed by atoms with van der Waals surface area (Å²) < 4.78 is 39.7. The molecule has 1 aromatic carbocycles. The summed E-state index contributed by atoms with van der Waals surface area (Å²) in [6, 6.07) is 4.28. The first kappa shape index (κ1) is 19.7. The van der Waals surface area contributed by atoms with E-state index in [0.717, 1.165) is 6.26 Å². The van der Waals surface area contributed by atoms with Gasteiger partial charge in [0.25, 0.3) is 0 Å². The molecule has 1 aromatic rings. The van der Waals surface area contributed by atoms with Gasteiger partial charge in [0.1, 0.15) is 5.82 Å². The lowest BCUT2D eigenvalue weighted by molar-refractivity contribution is 0.359. The third-order valence-corrected chi connectivity index (χ3v) is 5.20. The van der Waals surface area contributed by atoms with Crippen molar-refractivity contribution < 1.29 is 12.8 Å². The van der Waals surface area contributed by atoms with Crippen molar-refractivity contribution in [3.05, 3.63) is 24.0 Å². The van der Waals surface area contributed by atoms with Crippen molar-refractivity contribution in [2.75, 3.05) is 15.9 Å². The van der Waals surface area contributed by atoms with Gasteiger partial charge in [0, 0.05) is 17.6 Å². The van der Waals surface area contributed by atoms with Crippen LogP contribution in [0.15, 0.2) is 18.2 Å². The Morgan fingerprint density at radius 1 is 1.13 bits per heavy atom. The van der Waals surface area contributed by atoms with E-state index < -0.39 is 21.4 Å². The molecular formula is C17H29FN2O2S. The molecule has 0 fully saturated rings. The van der Waals surface area contributed by atoms with Crippen LogP contribution in [0.5, 0.6) is 0 Å². The van der Waals surface area contributed by atoms with E-state index in [0.29, 0.717) is 11.4 Å². The molecule has 23 heavy (non-hydrogen) atoms. The van der Waals surface area contributed by atoms with Crippen molar-refractivity contribution in [1.82, 2.24) is 0 Å². The molecule has 132 valence electrons. The Morgan fingerprint density at radius 3 is 2.04 bits per heavy atom. The first-order valence-corrected chi connectivity index (χ1v) is 9.55. The molecule has 0 heterocycles. The zero-order valence-corrected chi connectivity index (χ0v) is 16.2. The zero-order valence-electron chi connectivity index (χ0n) is 15.4. The van der Waals surface area contributed by atoms with E-state index >= 15 is 0 Å². The number of hydrogen-bond acceptors (Lipinski definition) is 3. The smallest absolute Gasteiger partial charge is 0.232 e. The van der Waals surface area contributed by atoms with Gasteiger partial charge in [-0.3, -0.25) is 4.31 Å². The van der Waals surface area contributed by atoms with Gasteiger partial charge in [-0.25, -0.2) is 12.8 Å². The summed E-state index contributed by atoms with van der Waals surface area (Å²) in [6.45, 7) is 13.7. The molecule has 0 amide bonds. The van der Waals surface area contributed by atoms with Crippen molar-refractivity contribution in [2.24, 2.45) is 5.41 Å². The van der Waals surface area contributed by atoms with Crippen LogP contribution in [0.3, 0.4) is 0 Å². The number of hydrogen-bond donors (Lipinski definition) is 1. The maximum absolute atomic E-state index is 13.8. The first-order chi connectivity index (χ1) is 10.1. The number of nitrogens with one attached hydrogen (secondary N) is 1. The Kier molecular flexibility index (Phi) is 5.41. The number of nitrogens with zero attached hydrogens (tertiary/aromatic N) is 1. The van der Waals surface area contributed by atoms with Gasteiger partial charge in [-0.1, -0.05) is 20.8 Å². The molecule has 0 spiro atoms. The highest BCUT2D eigenvalue weighted by molar-refractivity contribution is 7.92. The monoisotopic (exact) mass is 344 g/mol. The van der Waals surface area contributed by atoms with Crippen molar-refractivity contribution in [3.63, 3.8) is 0 Å². The highest BCUT2D eigenvalue weighted by Crippen LogP contribution is 2.36. The standard InChI is InChI=1S/C17H29FN2O2S/c1-12(16(2,3)4)19-14-10-9-13(18)11-15(14)20(17(5,6)7)23(8,21)22/h9-12,19H,1-8H3. The third kappa shape index (κ3) is 5.09. The topological polar surface area (TPSA) is 49.4 Å². The number of halogens is 1. The summed E-state index contributed by atoms with van der Waals surface area (Å²) in [6.07, 6.45) is 1.14. The van der Waals surface area contributed by atoms with Crippen LogP contribution < -0.4 is 9.62 Å². The molecule has 0 aliphatic heterocycles. The van der Waals surface area contributed by atoms with Gasteiger partial charge in [-0.2, -0.15) is 0 Å². The van der Waals surface area contributed by atoms with Crippen LogP contribution in [0.1, 0.15) is 48.5 Å². The summed E-state index contributed by atoms with van der Waals surface area (Å²) in [5, 5.41) is 3.33. The fraction of sp³-hybridized carbons (Fsp3) is 0.647. The van der Waals surface area contributed by atoms with Crippen LogP contribution in [0, 0.1) is 11.2 Å². The van der Waals surface area contributed by atoms with Crippen LogP contribution >= 0.6 is 0 Å². The molecule has 1 atom stereocenters. The van der Waals surface area contributed by atoms with Crippen LogP contribution in [0.2, 0.25) is 0 Å². The second-order valence-corrected chi connectivity index (χ2v) is 9.92. The predicted molar refractivity (Wildman–Crippen MR) is 96.0 cm³/mol. The lowest BCUT2D eigenvalue weighted by atomic mass is 9.88. The van der Waals surface area contributed by atoms with Gasteiger partial charge >= 0.3 is 0 Å². The van der Waals surface area contributed by atoms with Gasteiger partial charge in [0.15, 0.2) is 0 Å². The highest BCUT2D eigenvalue weighted by atomic mass is 32.2. The predicted octanol–water partition coefficient (Wildman–Crippen LogP) is 4.24. The summed E-state index contributed by atoms with van der Waals surface area (Å²) >= 11 is 0. The van der Waals surface area contributed by atoms with Gasteiger partial charge < -0.3 is 5.32 Å². The lowest BCUT2D eigenvalue weighted by Gasteiger charge is -2.38. The number of rotatable bonds is 4. The molecule has 0 saturated heterocycles. The van der Waals surface area contributed by atoms with Crippen LogP contribution in [-0.2, 0) is 10.0 Å². The van der Waals surface area contributed by atoms with Gasteiger partial charge in [-0.15, -0.1) is 0 Å². The average molecular weight is 344 g/mol. The minimum absolute atomic E-state index is 0.0245. The Morgan fingerprint density at radius 2 is 1.65 bits per heavy atom. The second kappa shape index (κ2) is 6.30. The van der Waals surface area contributed by atoms with E-state index in [1.165, 1.54) is 16.4 Å². The highest BCUT2D eigenvalue weighted by Gasteiger charge is 2.32. The molecule has 0 aromatic heterocycles. The van der Waals surface area contributed by atoms with E-state index in [-0.39, 0.29) is 11.5 Å². The second-order valence-electron chi connectivity index (χ2n) is 8.09. The molecule has 0 saturated carbocycles. The molecule has 6 heteroatoms. The van der Waals surface area contributed by atoms with E-state index in [2.05, 4.69) is 26.1 Å². The molecule has 0 aliphatic rings. The molecule has 0 aliphatic carbocycles. The van der Waals surface area contributed by atoms with Crippen molar-refractivity contribution in [1.29, 1.82) is 0 Å². The van der Waals surface area contributed by atoms with E-state index in [1.807, 2.05) is 6.92 Å². The summed E-state index contributed by atoms with van der Waals surface area (Å²) in [7, 11) is -3.56. The molecule has 0 radical (unpaired) electrons. The zero-order chi connectivity index (χ0) is 18.2. The Balaban J connectivity index is 3.48. The van der Waals surface area contributed by atoms with Crippen LogP contribution in [-0.4, -0.2) is 26.3 Å². The molecule has 1 rings (SSSR count). The number of sulfonamides is 1. The minimum atomic E-state index is -3.56. The van der Waals surface area contributed by atoms with E-state index in [1.54, 1.807) is 26.8 Å². The summed E-state index contributed by atoms with van der Waals surface area (Å²) in [5.41, 5.74) is 0.205. The van der Waals surface area contributed by atoms with Crippen LogP contribution in [0.25, 0.3) is 0 Å². The normalized spacial score (nSPS) is 14.5. The van der Waals surface area contributed by atoms with Gasteiger partial charge in [-0.05, 0) is 45.2 Å². The van der Waals surface area contributed by atoms with E-state index in [4.69, 9.17) is 0 Å². The lowest BCUT2D eigenvalue weighted by Crippen LogP contribution is -2.46. The number of benzene rings is 1. The molecule has 4 nitrogen and oxygen atoms in total. The van der Waals surface area contributed by atoms with Gasteiger partial charge in [0.2, 0.25) is 10.0 Å². The van der Waals surface area contributed by atoms with E-state index in [9.17, 15) is 12.8 Å². The minimum Gasteiger partial charge on any atom is -0.380 e. The summed E-state index contributed by atoms with van der Waals surface area (Å²) in [4.78, 5) is 0. The maximum Gasteiger partial charge on any atom is 0.232 e. The van der Waals surface area contributed by atoms with Crippen molar-refractivity contribution in [2.45, 2.75) is 60.0 Å². The Bertz CT molecular complexity index is 658. The van der Waals surface area contributed by atoms with Crippen molar-refractivity contribution in [3.8, 4) is 0 Å². The van der Waals surface area contributed by atoms with Gasteiger partial charge in [0.05, 0.1) is 17.6 Å². The Hall–Kier alpha value is -1.30. The largest absolute Gasteiger partial charge is 0.380 e. The quantitative estimate of drug-likeness (QED) is 0.889. The van der Waals surface area contributed by atoms with Crippen molar-refractivity contribution >= 4 is 21.4 Å². The fourth-order valence-corrected chi connectivity index (χ4v) is 3.79. The maximum atomic E-state index is 13.8. The average Bonchev–Trinajstić information content (AvgIpc) is 2.27. The molecule has 1 N–H and O–H groups in total. The molecule has 1 unspecified atom stereocenters. The Labute approximate surface area is 140 Å². The SMILES string of the molecule is CC(Nc1ccc(F)cc1N(C(C)(C)C)S(C)(=O)=O)C(C)(C)C. The molecular weight excluding hydrogens is 315 g/mol.